The number of ether oxygens (including phenoxy) is 1. The van der Waals surface area contributed by atoms with Crippen molar-refractivity contribution < 1.29 is 14.6 Å². The Balaban J connectivity index is 2.19. The summed E-state index contributed by atoms with van der Waals surface area (Å²) in [4.78, 5) is 14.4. The van der Waals surface area contributed by atoms with Gasteiger partial charge in [0.25, 0.3) is 5.82 Å². The number of hydrogen-bond acceptors (Lipinski definition) is 4. The van der Waals surface area contributed by atoms with E-state index in [-0.39, 0.29) is 5.82 Å². The molecule has 0 spiro atoms. The number of aromatic nitrogens is 3. The van der Waals surface area contributed by atoms with Gasteiger partial charge in [0.1, 0.15) is 6.33 Å². The Morgan fingerprint density at radius 2 is 2.11 bits per heavy atom. The van der Waals surface area contributed by atoms with Gasteiger partial charge in [-0.2, -0.15) is 0 Å². The van der Waals surface area contributed by atoms with E-state index in [1.165, 1.54) is 11.0 Å². The van der Waals surface area contributed by atoms with Crippen molar-refractivity contribution in [3.63, 3.8) is 0 Å². The van der Waals surface area contributed by atoms with Gasteiger partial charge in [-0.05, 0) is 11.1 Å². The van der Waals surface area contributed by atoms with Crippen LogP contribution >= 0.6 is 0 Å². The highest BCUT2D eigenvalue weighted by Gasteiger charge is 2.09. The van der Waals surface area contributed by atoms with Crippen molar-refractivity contribution in [2.24, 2.45) is 0 Å². The van der Waals surface area contributed by atoms with Crippen molar-refractivity contribution in [2.75, 3.05) is 7.11 Å². The Bertz CT molecular complexity index is 551. The minimum Gasteiger partial charge on any atom is -0.475 e. The maximum Gasteiger partial charge on any atom is 0.375 e. The molecule has 0 atom stereocenters. The molecular formula is C12H13N3O3. The highest BCUT2D eigenvalue weighted by molar-refractivity contribution is 5.82. The summed E-state index contributed by atoms with van der Waals surface area (Å²) in [5, 5.41) is 12.6. The number of carboxylic acids is 1. The van der Waals surface area contributed by atoms with Crippen molar-refractivity contribution in [3.05, 3.63) is 47.5 Å². The van der Waals surface area contributed by atoms with Crippen LogP contribution in [0.4, 0.5) is 0 Å². The van der Waals surface area contributed by atoms with Crippen molar-refractivity contribution in [1.29, 1.82) is 0 Å². The van der Waals surface area contributed by atoms with Gasteiger partial charge in [-0.3, -0.25) is 0 Å². The summed E-state index contributed by atoms with van der Waals surface area (Å²) in [6, 6.07) is 7.77. The normalized spacial score (nSPS) is 10.5. The predicted molar refractivity (Wildman–Crippen MR) is 63.2 cm³/mol. The molecule has 6 nitrogen and oxygen atoms in total. The standard InChI is InChI=1S/C12H13N3O3/c1-18-7-10-5-3-2-4-9(10)6-15-8-13-11(14-15)12(16)17/h2-5,8H,6-7H2,1H3,(H,16,17). The van der Waals surface area contributed by atoms with E-state index in [1.807, 2.05) is 24.3 Å². The second-order valence-electron chi connectivity index (χ2n) is 3.77. The van der Waals surface area contributed by atoms with Gasteiger partial charge in [-0.15, -0.1) is 5.10 Å². The molecule has 2 rings (SSSR count). The van der Waals surface area contributed by atoms with Gasteiger partial charge in [0, 0.05) is 7.11 Å². The molecule has 94 valence electrons. The van der Waals surface area contributed by atoms with Crippen LogP contribution in [0.15, 0.2) is 30.6 Å². The molecule has 0 aliphatic rings. The molecule has 2 aromatic rings. The van der Waals surface area contributed by atoms with Gasteiger partial charge in [-0.25, -0.2) is 14.5 Å². The zero-order valence-corrected chi connectivity index (χ0v) is 9.91. The smallest absolute Gasteiger partial charge is 0.375 e. The Hall–Kier alpha value is -2.21. The van der Waals surface area contributed by atoms with E-state index in [0.717, 1.165) is 11.1 Å². The first-order valence-electron chi connectivity index (χ1n) is 5.39. The third-order valence-corrected chi connectivity index (χ3v) is 2.48. The van der Waals surface area contributed by atoms with Gasteiger partial charge in [0.2, 0.25) is 0 Å². The van der Waals surface area contributed by atoms with Crippen LogP contribution in [0.25, 0.3) is 0 Å². The molecule has 0 aliphatic heterocycles. The monoisotopic (exact) mass is 247 g/mol. The third kappa shape index (κ3) is 2.72. The first-order valence-corrected chi connectivity index (χ1v) is 5.39. The number of carbonyl (C=O) groups is 1. The van der Waals surface area contributed by atoms with Crippen LogP contribution in [0.5, 0.6) is 0 Å². The van der Waals surface area contributed by atoms with Gasteiger partial charge in [0.05, 0.1) is 13.2 Å². The maximum atomic E-state index is 10.7. The van der Waals surface area contributed by atoms with Gasteiger partial charge >= 0.3 is 5.97 Å². The molecule has 0 bridgehead atoms. The van der Waals surface area contributed by atoms with E-state index in [1.54, 1.807) is 7.11 Å². The van der Waals surface area contributed by atoms with Crippen LogP contribution in [-0.4, -0.2) is 33.0 Å². The summed E-state index contributed by atoms with van der Waals surface area (Å²) < 4.78 is 6.61. The third-order valence-electron chi connectivity index (χ3n) is 2.48. The Labute approximate surface area is 104 Å². The van der Waals surface area contributed by atoms with Gasteiger partial charge < -0.3 is 9.84 Å². The summed E-state index contributed by atoms with van der Waals surface area (Å²) in [5.74, 6) is -1.32. The second-order valence-corrected chi connectivity index (χ2v) is 3.77. The molecule has 0 amide bonds. The van der Waals surface area contributed by atoms with E-state index in [0.29, 0.717) is 13.2 Å². The number of nitrogens with zero attached hydrogens (tertiary/aromatic N) is 3. The molecule has 6 heteroatoms. The average Bonchev–Trinajstić information content (AvgIpc) is 2.81. The Morgan fingerprint density at radius 1 is 1.39 bits per heavy atom. The molecule has 0 aliphatic carbocycles. The average molecular weight is 247 g/mol. The molecule has 0 fully saturated rings. The predicted octanol–water partition coefficient (Wildman–Crippen LogP) is 1.17. The topological polar surface area (TPSA) is 77.2 Å². The fourth-order valence-electron chi connectivity index (χ4n) is 1.65. The number of hydrogen-bond donors (Lipinski definition) is 1. The maximum absolute atomic E-state index is 10.7. The number of benzene rings is 1. The molecule has 0 saturated carbocycles. The summed E-state index contributed by atoms with van der Waals surface area (Å²) in [7, 11) is 1.63. The van der Waals surface area contributed by atoms with E-state index in [4.69, 9.17) is 9.84 Å². The fourth-order valence-corrected chi connectivity index (χ4v) is 1.65. The summed E-state index contributed by atoms with van der Waals surface area (Å²) >= 11 is 0. The number of carboxylic acid groups (broad SMARTS) is 1. The van der Waals surface area contributed by atoms with Crippen LogP contribution < -0.4 is 0 Å². The zero-order valence-electron chi connectivity index (χ0n) is 9.91. The van der Waals surface area contributed by atoms with E-state index >= 15 is 0 Å². The zero-order chi connectivity index (χ0) is 13.0. The number of aromatic carboxylic acids is 1. The lowest BCUT2D eigenvalue weighted by molar-refractivity contribution is 0.0683. The minimum absolute atomic E-state index is 0.195. The van der Waals surface area contributed by atoms with Gasteiger partial charge in [-0.1, -0.05) is 24.3 Å². The molecular weight excluding hydrogens is 234 g/mol. The summed E-state index contributed by atoms with van der Waals surface area (Å²) in [5.41, 5.74) is 2.08. The van der Waals surface area contributed by atoms with Crippen molar-refractivity contribution in [2.45, 2.75) is 13.2 Å². The molecule has 18 heavy (non-hydrogen) atoms. The lowest BCUT2D eigenvalue weighted by Gasteiger charge is -2.08. The first-order chi connectivity index (χ1) is 8.70. The van der Waals surface area contributed by atoms with E-state index < -0.39 is 5.97 Å². The largest absolute Gasteiger partial charge is 0.475 e. The second kappa shape index (κ2) is 5.42. The van der Waals surface area contributed by atoms with Crippen LogP contribution in [-0.2, 0) is 17.9 Å². The SMILES string of the molecule is COCc1ccccc1Cn1cnc(C(=O)O)n1. The lowest BCUT2D eigenvalue weighted by Crippen LogP contribution is -2.06. The van der Waals surface area contributed by atoms with Crippen LogP contribution in [0.2, 0.25) is 0 Å². The highest BCUT2D eigenvalue weighted by Crippen LogP contribution is 2.11. The lowest BCUT2D eigenvalue weighted by atomic mass is 10.1. The van der Waals surface area contributed by atoms with Gasteiger partial charge in [0.15, 0.2) is 0 Å². The van der Waals surface area contributed by atoms with Crippen molar-refractivity contribution in [1.82, 2.24) is 14.8 Å². The van der Waals surface area contributed by atoms with Crippen LogP contribution in [0.3, 0.4) is 0 Å². The molecule has 0 radical (unpaired) electrons. The molecule has 1 aromatic heterocycles. The number of rotatable bonds is 5. The molecule has 0 unspecified atom stereocenters. The summed E-state index contributed by atoms with van der Waals surface area (Å²) in [6.45, 7) is 0.983. The quantitative estimate of drug-likeness (QED) is 0.858. The van der Waals surface area contributed by atoms with Crippen molar-refractivity contribution in [3.8, 4) is 0 Å². The minimum atomic E-state index is -1.13. The highest BCUT2D eigenvalue weighted by atomic mass is 16.5. The summed E-state index contributed by atoms with van der Waals surface area (Å²) in [6.07, 6.45) is 1.41. The molecule has 1 aromatic carbocycles. The number of methoxy groups -OCH3 is 1. The van der Waals surface area contributed by atoms with Crippen LogP contribution in [0.1, 0.15) is 21.7 Å². The van der Waals surface area contributed by atoms with Crippen molar-refractivity contribution >= 4 is 5.97 Å². The van der Waals surface area contributed by atoms with E-state index in [9.17, 15) is 4.79 Å². The van der Waals surface area contributed by atoms with Crippen LogP contribution in [0, 0.1) is 0 Å². The Morgan fingerprint density at radius 3 is 2.72 bits per heavy atom. The molecule has 1 N–H and O–H groups in total. The first kappa shape index (κ1) is 12.3. The fraction of sp³-hybridized carbons (Fsp3) is 0.250. The Kier molecular flexibility index (Phi) is 3.69. The molecule has 0 saturated heterocycles. The molecule has 1 heterocycles. The van der Waals surface area contributed by atoms with E-state index in [2.05, 4.69) is 10.1 Å².